The molecule has 5 nitrogen and oxygen atoms in total. The molecule has 0 aliphatic carbocycles. The largest absolute Gasteiger partial charge is 0.300 e. The Morgan fingerprint density at radius 3 is 2.59 bits per heavy atom. The highest BCUT2D eigenvalue weighted by Gasteiger charge is 2.32. The number of hydrogen-bond donors (Lipinski definition) is 1. The Labute approximate surface area is 169 Å². The van der Waals surface area contributed by atoms with E-state index >= 15 is 0 Å². The topological polar surface area (TPSA) is 62.3 Å². The molecule has 29 heavy (non-hydrogen) atoms. The number of benzene rings is 2. The number of carbonyl (C=O) groups is 2. The molecule has 0 atom stereocenters. The van der Waals surface area contributed by atoms with Crippen LogP contribution in [0, 0.1) is 18.6 Å². The van der Waals surface area contributed by atoms with E-state index < -0.39 is 17.5 Å². The molecule has 2 aromatic carbocycles. The van der Waals surface area contributed by atoms with E-state index in [1.54, 1.807) is 31.2 Å². The number of halogens is 2. The van der Waals surface area contributed by atoms with Crippen LogP contribution in [0.2, 0.25) is 0 Å². The predicted molar refractivity (Wildman–Crippen MR) is 107 cm³/mol. The zero-order valence-electron chi connectivity index (χ0n) is 15.3. The molecular weight excluding hydrogens is 396 g/mol. The van der Waals surface area contributed by atoms with Crippen molar-refractivity contribution in [2.45, 2.75) is 6.92 Å². The summed E-state index contributed by atoms with van der Waals surface area (Å²) in [4.78, 5) is 31.3. The van der Waals surface area contributed by atoms with Gasteiger partial charge >= 0.3 is 0 Å². The quantitative estimate of drug-likeness (QED) is 0.689. The minimum Gasteiger partial charge on any atom is -0.300 e. The lowest BCUT2D eigenvalue weighted by atomic mass is 10.1. The van der Waals surface area contributed by atoms with Crippen LogP contribution in [0.1, 0.15) is 20.8 Å². The van der Waals surface area contributed by atoms with Crippen molar-refractivity contribution >= 4 is 34.0 Å². The van der Waals surface area contributed by atoms with Gasteiger partial charge in [-0.2, -0.15) is 0 Å². The average molecular weight is 411 g/mol. The molecule has 146 valence electrons. The summed E-state index contributed by atoms with van der Waals surface area (Å²) in [5.41, 5.74) is 2.56. The van der Waals surface area contributed by atoms with E-state index in [0.29, 0.717) is 33.2 Å². The first-order valence-electron chi connectivity index (χ1n) is 8.68. The van der Waals surface area contributed by atoms with Crippen molar-refractivity contribution in [1.29, 1.82) is 0 Å². The van der Waals surface area contributed by atoms with Gasteiger partial charge in [-0.25, -0.2) is 13.8 Å². The van der Waals surface area contributed by atoms with E-state index in [-0.39, 0.29) is 12.5 Å². The maximum Gasteiger partial charge on any atom is 0.259 e. The van der Waals surface area contributed by atoms with Gasteiger partial charge in [0.2, 0.25) is 5.91 Å². The van der Waals surface area contributed by atoms with Crippen LogP contribution in [0.4, 0.5) is 13.9 Å². The number of rotatable bonds is 4. The summed E-state index contributed by atoms with van der Waals surface area (Å²) in [6, 6.07) is 10.6. The summed E-state index contributed by atoms with van der Waals surface area (Å²) in [5.74, 6) is -2.62. The van der Waals surface area contributed by atoms with Gasteiger partial charge < -0.3 is 5.32 Å². The van der Waals surface area contributed by atoms with Crippen LogP contribution in [-0.4, -0.2) is 28.2 Å². The van der Waals surface area contributed by atoms with Crippen LogP contribution < -0.4 is 5.32 Å². The highest BCUT2D eigenvalue weighted by Crippen LogP contribution is 2.32. The van der Waals surface area contributed by atoms with Gasteiger partial charge in [0.05, 0.1) is 5.69 Å². The van der Waals surface area contributed by atoms with Gasteiger partial charge in [-0.15, -0.1) is 11.3 Å². The second-order valence-electron chi connectivity index (χ2n) is 6.48. The van der Waals surface area contributed by atoms with Gasteiger partial charge in [0.1, 0.15) is 6.54 Å². The van der Waals surface area contributed by atoms with Gasteiger partial charge in [-0.1, -0.05) is 24.8 Å². The third-order valence-corrected chi connectivity index (χ3v) is 5.46. The van der Waals surface area contributed by atoms with Gasteiger partial charge in [0, 0.05) is 27.3 Å². The molecule has 0 radical (unpaired) electrons. The van der Waals surface area contributed by atoms with Crippen molar-refractivity contribution in [2.24, 2.45) is 0 Å². The van der Waals surface area contributed by atoms with Crippen LogP contribution in [0.15, 0.2) is 49.0 Å². The van der Waals surface area contributed by atoms with Crippen molar-refractivity contribution in [3.63, 3.8) is 0 Å². The fourth-order valence-electron chi connectivity index (χ4n) is 3.17. The average Bonchev–Trinajstić information content (AvgIpc) is 3.17. The molecule has 0 saturated heterocycles. The molecule has 3 aromatic rings. The highest BCUT2D eigenvalue weighted by atomic mass is 32.1. The lowest BCUT2D eigenvalue weighted by Gasteiger charge is -2.16. The molecule has 4 rings (SSSR count). The number of fused-ring (bicyclic) bond motifs is 1. The molecule has 1 aromatic heterocycles. The Morgan fingerprint density at radius 2 is 1.90 bits per heavy atom. The zero-order valence-corrected chi connectivity index (χ0v) is 16.1. The Bertz CT molecular complexity index is 1140. The van der Waals surface area contributed by atoms with Crippen LogP contribution in [0.25, 0.3) is 17.0 Å². The SMILES string of the molecule is C=C1c2ccccc2C(=O)N1CC(=O)Nc1nc(-c2ccc(F)c(F)c2)c(C)s1. The Hall–Kier alpha value is -3.39. The van der Waals surface area contributed by atoms with Crippen LogP contribution in [0.5, 0.6) is 0 Å². The van der Waals surface area contributed by atoms with Crippen LogP contribution in [0.3, 0.4) is 0 Å². The number of hydrogen-bond acceptors (Lipinski definition) is 4. The van der Waals surface area contributed by atoms with Gasteiger partial charge in [-0.3, -0.25) is 14.5 Å². The standard InChI is InChI=1S/C21H15F2N3O2S/c1-11-14-5-3-4-6-15(14)20(28)26(11)10-18(27)24-21-25-19(12(2)29-21)13-7-8-16(22)17(23)9-13/h3-9H,1,10H2,2H3,(H,24,25,27). The number of nitrogens with zero attached hydrogens (tertiary/aromatic N) is 2. The van der Waals surface area contributed by atoms with Crippen molar-refractivity contribution in [3.05, 3.63) is 76.7 Å². The molecule has 2 amide bonds. The summed E-state index contributed by atoms with van der Waals surface area (Å²) in [6.07, 6.45) is 0. The molecule has 2 heterocycles. The molecule has 0 fully saturated rings. The van der Waals surface area contributed by atoms with Gasteiger partial charge in [0.25, 0.3) is 5.91 Å². The number of aryl methyl sites for hydroxylation is 1. The number of aromatic nitrogens is 1. The smallest absolute Gasteiger partial charge is 0.259 e. The molecule has 0 unspecified atom stereocenters. The molecule has 0 spiro atoms. The van der Waals surface area contributed by atoms with Gasteiger partial charge in [-0.05, 0) is 31.2 Å². The van der Waals surface area contributed by atoms with E-state index in [1.807, 2.05) is 0 Å². The van der Waals surface area contributed by atoms with Crippen molar-refractivity contribution < 1.29 is 18.4 Å². The first-order valence-corrected chi connectivity index (χ1v) is 9.49. The minimum atomic E-state index is -0.967. The lowest BCUT2D eigenvalue weighted by molar-refractivity contribution is -0.116. The minimum absolute atomic E-state index is 0.203. The van der Waals surface area contributed by atoms with E-state index in [9.17, 15) is 18.4 Å². The molecule has 0 saturated carbocycles. The lowest BCUT2D eigenvalue weighted by Crippen LogP contribution is -2.32. The fourth-order valence-corrected chi connectivity index (χ4v) is 4.02. The number of thiazole rings is 1. The first kappa shape index (κ1) is 18.9. The number of nitrogens with one attached hydrogen (secondary N) is 1. The van der Waals surface area contributed by atoms with Crippen LogP contribution >= 0.6 is 11.3 Å². The second kappa shape index (κ2) is 7.21. The third kappa shape index (κ3) is 3.42. The normalized spacial score (nSPS) is 13.0. The second-order valence-corrected chi connectivity index (χ2v) is 7.69. The summed E-state index contributed by atoms with van der Waals surface area (Å²) in [6.45, 7) is 5.47. The monoisotopic (exact) mass is 411 g/mol. The Morgan fingerprint density at radius 1 is 1.17 bits per heavy atom. The van der Waals surface area contributed by atoms with E-state index in [4.69, 9.17) is 0 Å². The van der Waals surface area contributed by atoms with E-state index in [0.717, 1.165) is 17.0 Å². The molecule has 1 N–H and O–H groups in total. The van der Waals surface area contributed by atoms with Crippen LogP contribution in [-0.2, 0) is 4.79 Å². The number of anilines is 1. The summed E-state index contributed by atoms with van der Waals surface area (Å²) in [7, 11) is 0. The van der Waals surface area contributed by atoms with Crippen molar-refractivity contribution in [3.8, 4) is 11.3 Å². The third-order valence-electron chi connectivity index (χ3n) is 4.58. The molecule has 0 bridgehead atoms. The number of amides is 2. The summed E-state index contributed by atoms with van der Waals surface area (Å²) in [5, 5.41) is 2.97. The fraction of sp³-hybridized carbons (Fsp3) is 0.0952. The molecule has 1 aliphatic heterocycles. The highest BCUT2D eigenvalue weighted by molar-refractivity contribution is 7.16. The van der Waals surface area contributed by atoms with E-state index in [2.05, 4.69) is 16.9 Å². The molecule has 8 heteroatoms. The van der Waals surface area contributed by atoms with Crippen molar-refractivity contribution in [2.75, 3.05) is 11.9 Å². The molecule has 1 aliphatic rings. The maximum atomic E-state index is 13.5. The zero-order chi connectivity index (χ0) is 20.7. The summed E-state index contributed by atoms with van der Waals surface area (Å²) < 4.78 is 26.7. The number of carbonyl (C=O) groups excluding carboxylic acids is 2. The predicted octanol–water partition coefficient (Wildman–Crippen LogP) is 4.46. The Kier molecular flexibility index (Phi) is 4.71. The first-order chi connectivity index (χ1) is 13.8. The van der Waals surface area contributed by atoms with Crippen molar-refractivity contribution in [1.82, 2.24) is 9.88 Å². The van der Waals surface area contributed by atoms with Gasteiger partial charge in [0.15, 0.2) is 16.8 Å². The maximum absolute atomic E-state index is 13.5. The summed E-state index contributed by atoms with van der Waals surface area (Å²) >= 11 is 1.21. The van der Waals surface area contributed by atoms with E-state index in [1.165, 1.54) is 22.3 Å². The molecular formula is C21H15F2N3O2S. The Balaban J connectivity index is 1.49.